The van der Waals surface area contributed by atoms with Crippen molar-refractivity contribution in [3.05, 3.63) is 180 Å². The average Bonchev–Trinajstić information content (AvgIpc) is 4.02. The number of anilines is 6. The van der Waals surface area contributed by atoms with E-state index in [0.717, 1.165) is 80.6 Å². The van der Waals surface area contributed by atoms with E-state index in [1.54, 1.807) is 5.57 Å². The van der Waals surface area contributed by atoms with Gasteiger partial charge in [0.05, 0.1) is 0 Å². The zero-order valence-corrected chi connectivity index (χ0v) is 37.8. The Morgan fingerprint density at radius 3 is 2.17 bits per heavy atom. The fourth-order valence-corrected chi connectivity index (χ4v) is 11.5. The van der Waals surface area contributed by atoms with Crippen molar-refractivity contribution >= 4 is 73.8 Å². The number of nitrogens with zero attached hydrogens (tertiary/aromatic N) is 2. The fraction of sp³-hybridized carbons (Fsp3) is 0.186. The minimum atomic E-state index is -0.0711. The summed E-state index contributed by atoms with van der Waals surface area (Å²) < 4.78 is 18.9. The minimum absolute atomic E-state index is 0.0466. The molecule has 7 aromatic carbocycles. The van der Waals surface area contributed by atoms with Crippen LogP contribution in [0.2, 0.25) is 0 Å². The summed E-state index contributed by atoms with van der Waals surface area (Å²) in [4.78, 5) is 4.96. The number of para-hydroxylation sites is 2. The van der Waals surface area contributed by atoms with Gasteiger partial charge < -0.3 is 23.7 Å². The third-order valence-corrected chi connectivity index (χ3v) is 14.7. The number of fused-ring (bicyclic) bond motifs is 8. The summed E-state index contributed by atoms with van der Waals surface area (Å²) in [5.74, 6) is 2.42. The molecule has 13 rings (SSSR count). The van der Waals surface area contributed by atoms with Gasteiger partial charge in [-0.15, -0.1) is 0 Å². The largest absolute Gasteiger partial charge is 0.456 e. The van der Waals surface area contributed by atoms with Crippen LogP contribution in [0, 0.1) is 6.92 Å². The van der Waals surface area contributed by atoms with Crippen LogP contribution in [0.3, 0.4) is 0 Å². The van der Waals surface area contributed by atoms with Crippen molar-refractivity contribution in [3.8, 4) is 33.9 Å². The highest BCUT2D eigenvalue weighted by atomic mass is 16.7. The summed E-state index contributed by atoms with van der Waals surface area (Å²) in [6.07, 6.45) is 6.90. The molecule has 0 atom stereocenters. The molecule has 2 aliphatic carbocycles. The summed E-state index contributed by atoms with van der Waals surface area (Å²) in [6, 6.07) is 51.9. The molecule has 4 heterocycles. The van der Waals surface area contributed by atoms with Crippen molar-refractivity contribution in [1.29, 1.82) is 0 Å². The second kappa shape index (κ2) is 13.7. The van der Waals surface area contributed by atoms with E-state index in [4.69, 9.17) is 13.9 Å². The maximum atomic E-state index is 6.71. The monoisotopic (exact) mass is 844 g/mol. The molecule has 6 heteroatoms. The molecule has 65 heavy (non-hydrogen) atoms. The number of benzene rings is 7. The zero-order chi connectivity index (χ0) is 43.9. The number of rotatable bonds is 4. The smallest absolute Gasteiger partial charge is 0.252 e. The van der Waals surface area contributed by atoms with Crippen molar-refractivity contribution in [1.82, 2.24) is 0 Å². The number of hydrogen-bond acceptors (Lipinski definition) is 5. The lowest BCUT2D eigenvalue weighted by molar-refractivity contribution is 0.174. The van der Waals surface area contributed by atoms with Gasteiger partial charge in [-0.2, -0.15) is 0 Å². The lowest BCUT2D eigenvalue weighted by Gasteiger charge is -2.44. The van der Waals surface area contributed by atoms with Crippen LogP contribution in [0.4, 0.5) is 34.1 Å². The molecule has 3 aliphatic heterocycles. The number of furan rings is 1. The first-order valence-electron chi connectivity index (χ1n) is 23.1. The van der Waals surface area contributed by atoms with Crippen LogP contribution in [0.15, 0.2) is 162 Å². The molecule has 0 bridgehead atoms. The first-order valence-corrected chi connectivity index (χ1v) is 23.1. The maximum Gasteiger partial charge on any atom is 0.252 e. The molecule has 0 amide bonds. The van der Waals surface area contributed by atoms with Gasteiger partial charge in [0.15, 0.2) is 11.5 Å². The van der Waals surface area contributed by atoms with E-state index in [1.807, 2.05) is 6.07 Å². The van der Waals surface area contributed by atoms with Crippen LogP contribution >= 0.6 is 0 Å². The Balaban J connectivity index is 1.09. The molecule has 0 unspecified atom stereocenters. The van der Waals surface area contributed by atoms with E-state index in [9.17, 15) is 0 Å². The summed E-state index contributed by atoms with van der Waals surface area (Å²) in [5.41, 5.74) is 22.9. The molecule has 8 aromatic rings. The number of aryl methyl sites for hydroxylation is 1. The van der Waals surface area contributed by atoms with Crippen molar-refractivity contribution in [2.45, 2.75) is 65.2 Å². The Hall–Kier alpha value is -7.18. The Bertz CT molecular complexity index is 3370. The van der Waals surface area contributed by atoms with Gasteiger partial charge in [0.1, 0.15) is 11.3 Å². The molecular weight excluding hydrogens is 795 g/mol. The normalized spacial score (nSPS) is 16.1. The van der Waals surface area contributed by atoms with Crippen LogP contribution in [0.1, 0.15) is 69.7 Å². The summed E-state index contributed by atoms with van der Waals surface area (Å²) in [7, 11) is 0. The summed E-state index contributed by atoms with van der Waals surface area (Å²) in [6.45, 7) is 14.1. The maximum absolute atomic E-state index is 6.71. The minimum Gasteiger partial charge on any atom is -0.456 e. The van der Waals surface area contributed by atoms with Gasteiger partial charge in [0.25, 0.3) is 6.71 Å². The standard InChI is InChI=1S/C59H49BN2O3/c1-35-24-51-57-52(25-35)62(49-23-21-40(58(2,3)4)31-47(49)60(57)48-32-55-56(64-34-63-55)33-50(48)61(51)41-15-8-7-9-16-41)42-27-38(26-39(28-42)54-30-37-14-10-13-19-53(37)65-54)36-20-22-44-43-17-11-12-18-45(43)59(5,6)46(44)29-36/h7-11,13-17,19-33H,12,18,34H2,1-6H3. The van der Waals surface area contributed by atoms with Crippen LogP contribution in [-0.2, 0) is 10.8 Å². The van der Waals surface area contributed by atoms with Gasteiger partial charge >= 0.3 is 0 Å². The number of hydrogen-bond donors (Lipinski definition) is 0. The third kappa shape index (κ3) is 5.72. The van der Waals surface area contributed by atoms with Gasteiger partial charge in [0, 0.05) is 56.6 Å². The van der Waals surface area contributed by atoms with Crippen molar-refractivity contribution in [3.63, 3.8) is 0 Å². The van der Waals surface area contributed by atoms with Crippen molar-refractivity contribution in [2.75, 3.05) is 16.6 Å². The molecule has 0 N–H and O–H groups in total. The highest BCUT2D eigenvalue weighted by Gasteiger charge is 2.45. The van der Waals surface area contributed by atoms with Gasteiger partial charge in [-0.3, -0.25) is 0 Å². The molecule has 5 nitrogen and oxygen atoms in total. The number of allylic oxidation sites excluding steroid dienone is 4. The van der Waals surface area contributed by atoms with E-state index in [0.29, 0.717) is 0 Å². The Kier molecular flexibility index (Phi) is 8.05. The molecule has 0 radical (unpaired) electrons. The third-order valence-electron chi connectivity index (χ3n) is 14.7. The van der Waals surface area contributed by atoms with E-state index in [2.05, 4.69) is 197 Å². The van der Waals surface area contributed by atoms with Crippen LogP contribution in [0.25, 0.3) is 39.0 Å². The zero-order valence-electron chi connectivity index (χ0n) is 37.8. The molecular formula is C59H49BN2O3. The molecule has 0 saturated carbocycles. The van der Waals surface area contributed by atoms with Gasteiger partial charge in [0.2, 0.25) is 6.79 Å². The fourth-order valence-electron chi connectivity index (χ4n) is 11.5. The topological polar surface area (TPSA) is 38.1 Å². The molecule has 0 fully saturated rings. The summed E-state index contributed by atoms with van der Waals surface area (Å²) in [5, 5.41) is 1.09. The second-order valence-electron chi connectivity index (χ2n) is 20.1. The second-order valence-corrected chi connectivity index (χ2v) is 20.1. The Morgan fingerprint density at radius 1 is 0.631 bits per heavy atom. The van der Waals surface area contributed by atoms with Crippen molar-refractivity contribution in [2.24, 2.45) is 0 Å². The van der Waals surface area contributed by atoms with Crippen LogP contribution in [0.5, 0.6) is 11.5 Å². The first kappa shape index (κ1) is 38.3. The lowest BCUT2D eigenvalue weighted by atomic mass is 9.33. The SMILES string of the molecule is Cc1cc2c3c(c1)N(c1ccccc1)c1cc4c(cc1B3c1cc(C(C)(C)C)ccc1N2c1cc(-c2ccc3c(c2)C(C)(C)C2=C3C=CCC2)cc(-c2cc3ccccc3o2)c1)OCO4. The lowest BCUT2D eigenvalue weighted by Crippen LogP contribution is -2.61. The highest BCUT2D eigenvalue weighted by molar-refractivity contribution is 7.00. The predicted molar refractivity (Wildman–Crippen MR) is 269 cm³/mol. The quantitative estimate of drug-likeness (QED) is 0.165. The Morgan fingerprint density at radius 2 is 1.37 bits per heavy atom. The highest BCUT2D eigenvalue weighted by Crippen LogP contribution is 2.52. The van der Waals surface area contributed by atoms with E-state index in [1.165, 1.54) is 55.5 Å². The molecule has 0 spiro atoms. The van der Waals surface area contributed by atoms with E-state index < -0.39 is 0 Å². The first-order chi connectivity index (χ1) is 31.5. The van der Waals surface area contributed by atoms with Crippen molar-refractivity contribution < 1.29 is 13.9 Å². The Labute approximate surface area is 381 Å². The van der Waals surface area contributed by atoms with Crippen LogP contribution < -0.4 is 35.7 Å². The predicted octanol–water partition coefficient (Wildman–Crippen LogP) is 13.6. The molecule has 316 valence electrons. The molecule has 5 aliphatic rings. The average molecular weight is 845 g/mol. The van der Waals surface area contributed by atoms with E-state index in [-0.39, 0.29) is 24.3 Å². The number of ether oxygens (including phenoxy) is 2. The molecule has 0 saturated heterocycles. The van der Waals surface area contributed by atoms with Gasteiger partial charge in [-0.05, 0) is 153 Å². The van der Waals surface area contributed by atoms with E-state index >= 15 is 0 Å². The van der Waals surface area contributed by atoms with Crippen LogP contribution in [-0.4, -0.2) is 13.5 Å². The molecule has 1 aromatic heterocycles. The van der Waals surface area contributed by atoms with Gasteiger partial charge in [-0.25, -0.2) is 0 Å². The van der Waals surface area contributed by atoms with Gasteiger partial charge in [-0.1, -0.05) is 113 Å². The summed E-state index contributed by atoms with van der Waals surface area (Å²) >= 11 is 0.